The summed E-state index contributed by atoms with van der Waals surface area (Å²) in [5.74, 6) is -0.0732. The van der Waals surface area contributed by atoms with Gasteiger partial charge in [0.05, 0.1) is 10.0 Å². The Balaban J connectivity index is 1.80. The van der Waals surface area contributed by atoms with Crippen molar-refractivity contribution in [2.24, 2.45) is 0 Å². The van der Waals surface area contributed by atoms with Gasteiger partial charge in [0.25, 0.3) is 0 Å². The van der Waals surface area contributed by atoms with Gasteiger partial charge in [0.2, 0.25) is 5.91 Å². The molecule has 0 saturated carbocycles. The van der Waals surface area contributed by atoms with E-state index in [1.54, 1.807) is 23.1 Å². The van der Waals surface area contributed by atoms with Crippen LogP contribution in [0.2, 0.25) is 10.0 Å². The molecule has 120 valence electrons. The number of anilines is 1. The zero-order valence-corrected chi connectivity index (χ0v) is 14.0. The van der Waals surface area contributed by atoms with Crippen molar-refractivity contribution in [2.45, 2.75) is 18.9 Å². The molecule has 0 aromatic heterocycles. The van der Waals surface area contributed by atoms with Crippen LogP contribution in [0.1, 0.15) is 12.8 Å². The zero-order chi connectivity index (χ0) is 16.1. The first-order valence-electron chi connectivity index (χ1n) is 6.86. The molecule has 1 aliphatic rings. The summed E-state index contributed by atoms with van der Waals surface area (Å²) in [5, 5.41) is 6.41. The molecule has 3 amide bonds. The van der Waals surface area contributed by atoms with E-state index in [9.17, 15) is 9.59 Å². The SMILES string of the molecule is O=C(Nc1ccc(Cl)c(Cl)c1)NC1CCN(C(=O)CCl)CC1. The number of nitrogens with zero attached hydrogens (tertiary/aromatic N) is 1. The number of benzene rings is 1. The second kappa shape index (κ2) is 7.90. The predicted molar refractivity (Wildman–Crippen MR) is 88.9 cm³/mol. The van der Waals surface area contributed by atoms with Gasteiger partial charge < -0.3 is 15.5 Å². The lowest BCUT2D eigenvalue weighted by molar-refractivity contribution is -0.129. The zero-order valence-electron chi connectivity index (χ0n) is 11.7. The van der Waals surface area contributed by atoms with Crippen molar-refractivity contribution in [2.75, 3.05) is 24.3 Å². The highest BCUT2D eigenvalue weighted by Gasteiger charge is 2.23. The summed E-state index contributed by atoms with van der Waals surface area (Å²) < 4.78 is 0. The highest BCUT2D eigenvalue weighted by Crippen LogP contribution is 2.25. The average molecular weight is 365 g/mol. The van der Waals surface area contributed by atoms with Crippen LogP contribution in [0.3, 0.4) is 0 Å². The minimum atomic E-state index is -0.305. The Hall–Kier alpha value is -1.17. The van der Waals surface area contributed by atoms with Gasteiger partial charge in [-0.1, -0.05) is 23.2 Å². The van der Waals surface area contributed by atoms with Gasteiger partial charge in [0.15, 0.2) is 0 Å². The number of amides is 3. The third-order valence-electron chi connectivity index (χ3n) is 3.47. The maximum absolute atomic E-state index is 11.9. The molecule has 0 spiro atoms. The molecule has 1 aromatic rings. The first-order valence-corrected chi connectivity index (χ1v) is 8.15. The summed E-state index contributed by atoms with van der Waals surface area (Å²) in [6, 6.07) is 4.61. The number of hydrogen-bond acceptors (Lipinski definition) is 2. The topological polar surface area (TPSA) is 61.4 Å². The Kier molecular flexibility index (Phi) is 6.17. The number of carbonyl (C=O) groups is 2. The molecule has 2 N–H and O–H groups in total. The van der Waals surface area contributed by atoms with Gasteiger partial charge >= 0.3 is 6.03 Å². The summed E-state index contributed by atoms with van der Waals surface area (Å²) >= 11 is 17.2. The minimum absolute atomic E-state index is 0.00406. The van der Waals surface area contributed by atoms with Crippen LogP contribution >= 0.6 is 34.8 Å². The molecule has 1 aliphatic heterocycles. The average Bonchev–Trinajstić information content (AvgIpc) is 2.51. The fourth-order valence-corrected chi connectivity index (χ4v) is 2.75. The minimum Gasteiger partial charge on any atom is -0.342 e. The molecule has 0 aliphatic carbocycles. The monoisotopic (exact) mass is 363 g/mol. The molecule has 5 nitrogen and oxygen atoms in total. The summed E-state index contributed by atoms with van der Waals surface area (Å²) in [6.07, 6.45) is 1.41. The number of urea groups is 1. The molecule has 1 fully saturated rings. The molecule has 0 bridgehead atoms. The number of carbonyl (C=O) groups excluding carboxylic acids is 2. The van der Waals surface area contributed by atoms with Crippen molar-refractivity contribution in [3.8, 4) is 0 Å². The standard InChI is InChI=1S/C14H16Cl3N3O2/c15-8-13(21)20-5-3-9(4-6-20)18-14(22)19-10-1-2-11(16)12(17)7-10/h1-2,7,9H,3-6,8H2,(H2,18,19,22). The predicted octanol–water partition coefficient (Wildman–Crippen LogP) is 3.34. The van der Waals surface area contributed by atoms with Crippen molar-refractivity contribution in [3.63, 3.8) is 0 Å². The maximum atomic E-state index is 11.9. The van der Waals surface area contributed by atoms with Crippen molar-refractivity contribution < 1.29 is 9.59 Å². The number of nitrogens with one attached hydrogen (secondary N) is 2. The fraction of sp³-hybridized carbons (Fsp3) is 0.429. The van der Waals surface area contributed by atoms with E-state index in [1.165, 1.54) is 0 Å². The van der Waals surface area contributed by atoms with Gasteiger partial charge in [0, 0.05) is 24.8 Å². The molecule has 0 radical (unpaired) electrons. The molecule has 1 aromatic carbocycles. The lowest BCUT2D eigenvalue weighted by atomic mass is 10.1. The molecule has 0 atom stereocenters. The number of rotatable bonds is 3. The van der Waals surface area contributed by atoms with Gasteiger partial charge in [-0.3, -0.25) is 4.79 Å². The van der Waals surface area contributed by atoms with Gasteiger partial charge in [0.1, 0.15) is 5.88 Å². The molecular weight excluding hydrogens is 349 g/mol. The molecule has 8 heteroatoms. The first-order chi connectivity index (χ1) is 10.5. The van der Waals surface area contributed by atoms with Crippen LogP contribution < -0.4 is 10.6 Å². The molecule has 22 heavy (non-hydrogen) atoms. The van der Waals surface area contributed by atoms with E-state index >= 15 is 0 Å². The number of likely N-dealkylation sites (tertiary alicyclic amines) is 1. The summed E-state index contributed by atoms with van der Waals surface area (Å²) in [4.78, 5) is 25.1. The first kappa shape index (κ1) is 17.2. The van der Waals surface area contributed by atoms with Crippen molar-refractivity contribution in [3.05, 3.63) is 28.2 Å². The van der Waals surface area contributed by atoms with Crippen molar-refractivity contribution in [1.29, 1.82) is 0 Å². The van der Waals surface area contributed by atoms with Crippen LogP contribution in [-0.4, -0.2) is 41.8 Å². The largest absolute Gasteiger partial charge is 0.342 e. The normalized spacial score (nSPS) is 15.5. The number of hydrogen-bond donors (Lipinski definition) is 2. The van der Waals surface area contributed by atoms with Gasteiger partial charge in [-0.25, -0.2) is 4.79 Å². The summed E-state index contributed by atoms with van der Waals surface area (Å²) in [5.41, 5.74) is 0.571. The van der Waals surface area contributed by atoms with Crippen LogP contribution in [0.25, 0.3) is 0 Å². The van der Waals surface area contributed by atoms with Crippen LogP contribution in [0.15, 0.2) is 18.2 Å². The third-order valence-corrected chi connectivity index (χ3v) is 4.44. The van der Waals surface area contributed by atoms with Gasteiger partial charge in [-0.15, -0.1) is 11.6 Å². The van der Waals surface area contributed by atoms with Crippen molar-refractivity contribution in [1.82, 2.24) is 10.2 Å². The molecule has 1 saturated heterocycles. The van der Waals surface area contributed by atoms with Crippen LogP contribution in [0, 0.1) is 0 Å². The van der Waals surface area contributed by atoms with Crippen LogP contribution in [-0.2, 0) is 4.79 Å². The van der Waals surface area contributed by atoms with Gasteiger partial charge in [-0.2, -0.15) is 0 Å². The summed E-state index contributed by atoms with van der Waals surface area (Å²) in [6.45, 7) is 1.20. The smallest absolute Gasteiger partial charge is 0.319 e. The quantitative estimate of drug-likeness (QED) is 0.808. The summed E-state index contributed by atoms with van der Waals surface area (Å²) in [7, 11) is 0. The number of piperidine rings is 1. The highest BCUT2D eigenvalue weighted by molar-refractivity contribution is 6.42. The van der Waals surface area contributed by atoms with E-state index in [-0.39, 0.29) is 23.9 Å². The number of halogens is 3. The second-order valence-electron chi connectivity index (χ2n) is 5.02. The highest BCUT2D eigenvalue weighted by atomic mass is 35.5. The molecule has 1 heterocycles. The van der Waals surface area contributed by atoms with Gasteiger partial charge in [-0.05, 0) is 31.0 Å². The lowest BCUT2D eigenvalue weighted by Crippen LogP contribution is -2.47. The lowest BCUT2D eigenvalue weighted by Gasteiger charge is -2.32. The Morgan fingerprint density at radius 3 is 2.45 bits per heavy atom. The fourth-order valence-electron chi connectivity index (χ4n) is 2.28. The van der Waals surface area contributed by atoms with E-state index in [4.69, 9.17) is 34.8 Å². The van der Waals surface area contributed by atoms with Crippen LogP contribution in [0.5, 0.6) is 0 Å². The molecular formula is C14H16Cl3N3O2. The molecule has 0 unspecified atom stereocenters. The van der Waals surface area contributed by atoms with Crippen molar-refractivity contribution >= 4 is 52.4 Å². The number of alkyl halides is 1. The van der Waals surface area contributed by atoms with Crippen LogP contribution in [0.4, 0.5) is 10.5 Å². The van der Waals surface area contributed by atoms with E-state index in [1.807, 2.05) is 0 Å². The third kappa shape index (κ3) is 4.66. The maximum Gasteiger partial charge on any atom is 0.319 e. The van der Waals surface area contributed by atoms with E-state index < -0.39 is 0 Å². The van der Waals surface area contributed by atoms with E-state index in [2.05, 4.69) is 10.6 Å². The van der Waals surface area contributed by atoms with E-state index in [0.29, 0.717) is 41.7 Å². The van der Waals surface area contributed by atoms with E-state index in [0.717, 1.165) is 0 Å². The Morgan fingerprint density at radius 1 is 1.18 bits per heavy atom. The Bertz CT molecular complexity index is 560. The Morgan fingerprint density at radius 2 is 1.86 bits per heavy atom. The Labute approximate surface area is 143 Å². The molecule has 2 rings (SSSR count). The second-order valence-corrected chi connectivity index (χ2v) is 6.10.